The molecule has 0 aliphatic carbocycles. The minimum Gasteiger partial charge on any atom is -0.410 e. The highest BCUT2D eigenvalue weighted by atomic mass is 79.9. The molecule has 3 nitrogen and oxygen atoms in total. The molecule has 98 valence electrons. The van der Waals surface area contributed by atoms with Crippen LogP contribution in [0.15, 0.2) is 46.9 Å². The Balaban J connectivity index is 2.09. The molecule has 2 aromatic rings. The van der Waals surface area contributed by atoms with Crippen LogP contribution < -0.4 is 10.1 Å². The van der Waals surface area contributed by atoms with Gasteiger partial charge in [0.2, 0.25) is 0 Å². The number of para-hydroxylation sites is 1. The molecule has 2 aromatic carbocycles. The molecular weight excluding hydrogens is 337 g/mol. The van der Waals surface area contributed by atoms with Gasteiger partial charge in [0.15, 0.2) is 0 Å². The molecule has 2 rings (SSSR count). The van der Waals surface area contributed by atoms with Gasteiger partial charge in [0.25, 0.3) is 0 Å². The topological polar surface area (TPSA) is 38.3 Å². The van der Waals surface area contributed by atoms with E-state index in [0.29, 0.717) is 10.2 Å². The largest absolute Gasteiger partial charge is 0.417 e. The summed E-state index contributed by atoms with van der Waals surface area (Å²) in [7, 11) is 0. The standard InChI is InChI=1S/C13H8BrClFNO2/c14-9-6-12(11(16)7-10(9)15)17-13(18)19-8-4-2-1-3-5-8/h1-7H,(H,17,18). The van der Waals surface area contributed by atoms with Gasteiger partial charge in [-0.25, -0.2) is 9.18 Å². The summed E-state index contributed by atoms with van der Waals surface area (Å²) in [5.41, 5.74) is -0.0165. The number of hydrogen-bond donors (Lipinski definition) is 1. The molecule has 0 aliphatic rings. The quantitative estimate of drug-likeness (QED) is 0.791. The Morgan fingerprint density at radius 3 is 2.63 bits per heavy atom. The fourth-order valence-electron chi connectivity index (χ4n) is 1.35. The van der Waals surface area contributed by atoms with E-state index in [1.807, 2.05) is 0 Å². The van der Waals surface area contributed by atoms with Crippen LogP contribution in [-0.4, -0.2) is 6.09 Å². The molecule has 0 bridgehead atoms. The van der Waals surface area contributed by atoms with E-state index in [0.717, 1.165) is 6.07 Å². The maximum atomic E-state index is 13.6. The molecule has 0 saturated carbocycles. The summed E-state index contributed by atoms with van der Waals surface area (Å²) < 4.78 is 19.0. The van der Waals surface area contributed by atoms with E-state index in [-0.39, 0.29) is 10.7 Å². The minimum atomic E-state index is -0.778. The van der Waals surface area contributed by atoms with E-state index < -0.39 is 11.9 Å². The molecule has 19 heavy (non-hydrogen) atoms. The van der Waals surface area contributed by atoms with Gasteiger partial charge in [-0.3, -0.25) is 5.32 Å². The lowest BCUT2D eigenvalue weighted by molar-refractivity contribution is 0.215. The van der Waals surface area contributed by atoms with Crippen molar-refractivity contribution in [3.8, 4) is 5.75 Å². The highest BCUT2D eigenvalue weighted by Crippen LogP contribution is 2.28. The van der Waals surface area contributed by atoms with E-state index in [1.165, 1.54) is 6.07 Å². The number of benzene rings is 2. The summed E-state index contributed by atoms with van der Waals surface area (Å²) in [4.78, 5) is 11.6. The third-order valence-electron chi connectivity index (χ3n) is 2.20. The van der Waals surface area contributed by atoms with Crippen molar-refractivity contribution in [3.63, 3.8) is 0 Å². The summed E-state index contributed by atoms with van der Waals surface area (Å²) in [6, 6.07) is 10.9. The van der Waals surface area contributed by atoms with Crippen LogP contribution in [0.1, 0.15) is 0 Å². The average molecular weight is 345 g/mol. The molecule has 0 spiro atoms. The number of carbonyl (C=O) groups excluding carboxylic acids is 1. The van der Waals surface area contributed by atoms with E-state index in [2.05, 4.69) is 21.2 Å². The first kappa shape index (κ1) is 13.8. The molecule has 1 N–H and O–H groups in total. The minimum absolute atomic E-state index is 0.0165. The number of amides is 1. The third-order valence-corrected chi connectivity index (χ3v) is 3.40. The SMILES string of the molecule is O=C(Nc1cc(Br)c(Cl)cc1F)Oc1ccccc1. The summed E-state index contributed by atoms with van der Waals surface area (Å²) in [5, 5.41) is 2.52. The molecule has 0 aromatic heterocycles. The lowest BCUT2D eigenvalue weighted by Crippen LogP contribution is -2.17. The Kier molecular flexibility index (Phi) is 4.39. The maximum Gasteiger partial charge on any atom is 0.417 e. The lowest BCUT2D eigenvalue weighted by Gasteiger charge is -2.08. The van der Waals surface area contributed by atoms with Gasteiger partial charge in [0, 0.05) is 4.47 Å². The van der Waals surface area contributed by atoms with Gasteiger partial charge in [0.05, 0.1) is 10.7 Å². The van der Waals surface area contributed by atoms with Crippen LogP contribution in [0.4, 0.5) is 14.9 Å². The van der Waals surface area contributed by atoms with Crippen molar-refractivity contribution in [3.05, 3.63) is 57.8 Å². The fraction of sp³-hybridized carbons (Fsp3) is 0. The maximum absolute atomic E-state index is 13.6. The first-order valence-corrected chi connectivity index (χ1v) is 6.42. The second-order valence-corrected chi connectivity index (χ2v) is 4.84. The number of carbonyl (C=O) groups is 1. The highest BCUT2D eigenvalue weighted by Gasteiger charge is 2.11. The molecule has 0 saturated heterocycles. The average Bonchev–Trinajstić information content (AvgIpc) is 2.37. The zero-order chi connectivity index (χ0) is 13.8. The Bertz CT molecular complexity index is 607. The molecule has 0 heterocycles. The van der Waals surface area contributed by atoms with E-state index in [4.69, 9.17) is 16.3 Å². The Morgan fingerprint density at radius 1 is 1.26 bits per heavy atom. The van der Waals surface area contributed by atoms with Gasteiger partial charge in [0.1, 0.15) is 11.6 Å². The van der Waals surface area contributed by atoms with Gasteiger partial charge < -0.3 is 4.74 Å². The number of anilines is 1. The smallest absolute Gasteiger partial charge is 0.410 e. The van der Waals surface area contributed by atoms with Crippen LogP contribution in [0, 0.1) is 5.82 Å². The number of hydrogen-bond acceptors (Lipinski definition) is 2. The van der Waals surface area contributed by atoms with Crippen molar-refractivity contribution in [1.29, 1.82) is 0 Å². The zero-order valence-corrected chi connectivity index (χ0v) is 11.8. The Morgan fingerprint density at radius 2 is 1.95 bits per heavy atom. The van der Waals surface area contributed by atoms with Crippen LogP contribution in [0.25, 0.3) is 0 Å². The number of nitrogens with one attached hydrogen (secondary N) is 1. The van der Waals surface area contributed by atoms with Crippen molar-refractivity contribution in [2.45, 2.75) is 0 Å². The van der Waals surface area contributed by atoms with Crippen LogP contribution >= 0.6 is 27.5 Å². The van der Waals surface area contributed by atoms with E-state index >= 15 is 0 Å². The van der Waals surface area contributed by atoms with Crippen LogP contribution in [0.3, 0.4) is 0 Å². The summed E-state index contributed by atoms with van der Waals surface area (Å²) in [6.45, 7) is 0. The lowest BCUT2D eigenvalue weighted by atomic mass is 10.3. The molecule has 1 amide bonds. The number of ether oxygens (including phenoxy) is 1. The van der Waals surface area contributed by atoms with E-state index in [9.17, 15) is 9.18 Å². The third kappa shape index (κ3) is 3.68. The van der Waals surface area contributed by atoms with Gasteiger partial charge in [-0.05, 0) is 40.2 Å². The number of halogens is 3. The van der Waals surface area contributed by atoms with Crippen LogP contribution in [-0.2, 0) is 0 Å². The van der Waals surface area contributed by atoms with Crippen molar-refractivity contribution < 1.29 is 13.9 Å². The molecule has 0 fully saturated rings. The first-order chi connectivity index (χ1) is 9.06. The van der Waals surface area contributed by atoms with Gasteiger partial charge >= 0.3 is 6.09 Å². The predicted octanol–water partition coefficient (Wildman–Crippen LogP) is 4.85. The van der Waals surface area contributed by atoms with Crippen LogP contribution in [0.2, 0.25) is 5.02 Å². The van der Waals surface area contributed by atoms with Gasteiger partial charge in [-0.1, -0.05) is 29.8 Å². The molecule has 0 radical (unpaired) electrons. The van der Waals surface area contributed by atoms with Gasteiger partial charge in [-0.15, -0.1) is 0 Å². The summed E-state index contributed by atoms with van der Waals surface area (Å²) in [6.07, 6.45) is -0.778. The Hall–Kier alpha value is -1.59. The predicted molar refractivity (Wildman–Crippen MR) is 75.2 cm³/mol. The summed E-state index contributed by atoms with van der Waals surface area (Å²) >= 11 is 8.87. The summed E-state index contributed by atoms with van der Waals surface area (Å²) in [5.74, 6) is -0.272. The number of rotatable bonds is 2. The monoisotopic (exact) mass is 343 g/mol. The van der Waals surface area contributed by atoms with Crippen molar-refractivity contribution in [1.82, 2.24) is 0 Å². The second kappa shape index (κ2) is 6.04. The van der Waals surface area contributed by atoms with Crippen molar-refractivity contribution >= 4 is 39.3 Å². The zero-order valence-electron chi connectivity index (χ0n) is 9.49. The molecule has 0 unspecified atom stereocenters. The Labute approximate surface area is 122 Å². The molecule has 0 atom stereocenters. The highest BCUT2D eigenvalue weighted by molar-refractivity contribution is 9.10. The van der Waals surface area contributed by atoms with Crippen molar-refractivity contribution in [2.24, 2.45) is 0 Å². The fourth-order valence-corrected chi connectivity index (χ4v) is 1.84. The molecule has 6 heteroatoms. The first-order valence-electron chi connectivity index (χ1n) is 5.24. The molecule has 0 aliphatic heterocycles. The molecular formula is C13H8BrClFNO2. The van der Waals surface area contributed by atoms with Crippen molar-refractivity contribution in [2.75, 3.05) is 5.32 Å². The van der Waals surface area contributed by atoms with Gasteiger partial charge in [-0.2, -0.15) is 0 Å². The van der Waals surface area contributed by atoms with Crippen LogP contribution in [0.5, 0.6) is 5.75 Å². The van der Waals surface area contributed by atoms with E-state index in [1.54, 1.807) is 30.3 Å². The second-order valence-electron chi connectivity index (χ2n) is 3.57. The normalized spacial score (nSPS) is 10.1.